The van der Waals surface area contributed by atoms with E-state index >= 15 is 0 Å². The quantitative estimate of drug-likeness (QED) is 0.369. The minimum Gasteiger partial charge on any atom is -0.494 e. The summed E-state index contributed by atoms with van der Waals surface area (Å²) in [6, 6.07) is 12.1. The number of nitrogens with one attached hydrogen (secondary N) is 2. The molecule has 0 fully saturated rings. The zero-order chi connectivity index (χ0) is 20.1. The zero-order valence-electron chi connectivity index (χ0n) is 14.8. The van der Waals surface area contributed by atoms with Gasteiger partial charge in [-0.1, -0.05) is 12.1 Å². The monoisotopic (exact) mass is 401 g/mol. The molecule has 1 aromatic heterocycles. The molecule has 1 heterocycles. The zero-order valence-corrected chi connectivity index (χ0v) is 15.6. The van der Waals surface area contributed by atoms with Gasteiger partial charge in [0.1, 0.15) is 11.6 Å². The Kier molecular flexibility index (Phi) is 5.80. The number of aromatic nitrogens is 2. The van der Waals surface area contributed by atoms with E-state index < -0.39 is 4.92 Å². The molecule has 3 rings (SSSR count). The molecular formula is C18H16FN5O3S. The fourth-order valence-corrected chi connectivity index (χ4v) is 2.67. The molecule has 144 valence electrons. The maximum Gasteiger partial charge on any atom is 0.273 e. The first-order valence-electron chi connectivity index (χ1n) is 8.13. The summed E-state index contributed by atoms with van der Waals surface area (Å²) < 4.78 is 19.8. The minimum absolute atomic E-state index is 0.0826. The average molecular weight is 401 g/mol. The van der Waals surface area contributed by atoms with Crippen LogP contribution in [0, 0.1) is 15.9 Å². The number of benzene rings is 2. The lowest BCUT2D eigenvalue weighted by Crippen LogP contribution is -2.20. The van der Waals surface area contributed by atoms with Crippen LogP contribution in [-0.2, 0) is 6.54 Å². The molecule has 28 heavy (non-hydrogen) atoms. The van der Waals surface area contributed by atoms with E-state index in [4.69, 9.17) is 17.0 Å². The summed E-state index contributed by atoms with van der Waals surface area (Å²) in [5.41, 5.74) is 1.31. The van der Waals surface area contributed by atoms with E-state index in [1.54, 1.807) is 29.1 Å². The number of hydrogen-bond acceptors (Lipinski definition) is 5. The van der Waals surface area contributed by atoms with Crippen LogP contribution in [0.1, 0.15) is 5.56 Å². The SMILES string of the molecule is COc1cc([N+](=O)[O-])ccc1NC(=S)Nc1ccn(Cc2ccc(F)cc2)n1. The van der Waals surface area contributed by atoms with Crippen molar-refractivity contribution in [2.24, 2.45) is 0 Å². The molecule has 0 atom stereocenters. The van der Waals surface area contributed by atoms with Gasteiger partial charge in [-0.05, 0) is 36.0 Å². The molecule has 0 aliphatic carbocycles. The molecule has 10 heteroatoms. The Labute approximate surface area is 165 Å². The fraction of sp³-hybridized carbons (Fsp3) is 0.111. The number of anilines is 2. The first-order valence-corrected chi connectivity index (χ1v) is 8.54. The third kappa shape index (κ3) is 4.80. The second-order valence-electron chi connectivity index (χ2n) is 5.75. The molecule has 0 aliphatic rings. The van der Waals surface area contributed by atoms with Crippen molar-refractivity contribution in [2.75, 3.05) is 17.7 Å². The first kappa shape index (κ1) is 19.2. The van der Waals surface area contributed by atoms with Crippen LogP contribution in [0.25, 0.3) is 0 Å². The number of nitro groups is 1. The van der Waals surface area contributed by atoms with Gasteiger partial charge in [-0.25, -0.2) is 4.39 Å². The Morgan fingerprint density at radius 3 is 2.68 bits per heavy atom. The standard InChI is InChI=1S/C18H16FN5O3S/c1-27-16-10-14(24(25)26)6-7-15(16)20-18(28)21-17-8-9-23(22-17)11-12-2-4-13(19)5-3-12/h2-10H,11H2,1H3,(H2,20,21,22,28). The first-order chi connectivity index (χ1) is 13.4. The Morgan fingerprint density at radius 2 is 2.00 bits per heavy atom. The number of thiocarbonyl (C=S) groups is 1. The largest absolute Gasteiger partial charge is 0.494 e. The number of nitro benzene ring substituents is 1. The van der Waals surface area contributed by atoms with E-state index in [0.717, 1.165) is 5.56 Å². The smallest absolute Gasteiger partial charge is 0.273 e. The average Bonchev–Trinajstić information content (AvgIpc) is 3.10. The normalized spacial score (nSPS) is 10.4. The number of halogens is 1. The van der Waals surface area contributed by atoms with E-state index in [9.17, 15) is 14.5 Å². The van der Waals surface area contributed by atoms with Crippen molar-refractivity contribution < 1.29 is 14.1 Å². The maximum absolute atomic E-state index is 13.0. The number of rotatable bonds is 6. The molecule has 3 aromatic rings. The number of methoxy groups -OCH3 is 1. The number of hydrogen-bond donors (Lipinski definition) is 2. The summed E-state index contributed by atoms with van der Waals surface area (Å²) in [5.74, 6) is 0.519. The van der Waals surface area contributed by atoms with Gasteiger partial charge in [0, 0.05) is 18.3 Å². The predicted molar refractivity (Wildman–Crippen MR) is 107 cm³/mol. The minimum atomic E-state index is -0.503. The van der Waals surface area contributed by atoms with Crippen LogP contribution in [0.2, 0.25) is 0 Å². The van der Waals surface area contributed by atoms with Crippen LogP contribution in [0.15, 0.2) is 54.7 Å². The highest BCUT2D eigenvalue weighted by Crippen LogP contribution is 2.29. The van der Waals surface area contributed by atoms with Gasteiger partial charge in [0.25, 0.3) is 5.69 Å². The Bertz CT molecular complexity index is 1010. The van der Waals surface area contributed by atoms with E-state index in [-0.39, 0.29) is 16.6 Å². The molecule has 0 saturated heterocycles. The lowest BCUT2D eigenvalue weighted by atomic mass is 10.2. The lowest BCUT2D eigenvalue weighted by Gasteiger charge is -2.12. The van der Waals surface area contributed by atoms with Crippen LogP contribution < -0.4 is 15.4 Å². The maximum atomic E-state index is 13.0. The third-order valence-corrected chi connectivity index (χ3v) is 3.99. The highest BCUT2D eigenvalue weighted by Gasteiger charge is 2.12. The molecule has 0 unspecified atom stereocenters. The molecule has 0 bridgehead atoms. The van der Waals surface area contributed by atoms with Gasteiger partial charge in [-0.2, -0.15) is 5.10 Å². The fourth-order valence-electron chi connectivity index (χ4n) is 2.46. The summed E-state index contributed by atoms with van der Waals surface area (Å²) in [7, 11) is 1.41. The van der Waals surface area contributed by atoms with Gasteiger partial charge < -0.3 is 15.4 Å². The van der Waals surface area contributed by atoms with E-state index in [1.165, 1.54) is 37.4 Å². The Morgan fingerprint density at radius 1 is 1.25 bits per heavy atom. The molecule has 0 amide bonds. The highest BCUT2D eigenvalue weighted by molar-refractivity contribution is 7.80. The molecular weight excluding hydrogens is 385 g/mol. The van der Waals surface area contributed by atoms with Crippen molar-refractivity contribution in [3.8, 4) is 5.75 Å². The molecule has 0 spiro atoms. The summed E-state index contributed by atoms with van der Waals surface area (Å²) >= 11 is 5.26. The predicted octanol–water partition coefficient (Wildman–Crippen LogP) is 3.80. The van der Waals surface area contributed by atoms with Crippen molar-refractivity contribution in [1.82, 2.24) is 9.78 Å². The van der Waals surface area contributed by atoms with Crippen LogP contribution in [-0.4, -0.2) is 26.9 Å². The van der Waals surface area contributed by atoms with Crippen LogP contribution in [0.4, 0.5) is 21.6 Å². The molecule has 2 aromatic carbocycles. The van der Waals surface area contributed by atoms with E-state index in [1.807, 2.05) is 0 Å². The molecule has 0 aliphatic heterocycles. The molecule has 0 saturated carbocycles. The number of non-ortho nitro benzene ring substituents is 1. The van der Waals surface area contributed by atoms with Gasteiger partial charge in [0.05, 0.1) is 30.3 Å². The summed E-state index contributed by atoms with van der Waals surface area (Å²) in [6.07, 6.45) is 1.76. The van der Waals surface area contributed by atoms with Gasteiger partial charge in [-0.15, -0.1) is 0 Å². The third-order valence-electron chi connectivity index (χ3n) is 3.78. The van der Waals surface area contributed by atoms with Crippen LogP contribution in [0.3, 0.4) is 0 Å². The summed E-state index contributed by atoms with van der Waals surface area (Å²) in [5, 5.41) is 21.3. The van der Waals surface area contributed by atoms with Crippen molar-refractivity contribution in [3.05, 3.63) is 76.2 Å². The van der Waals surface area contributed by atoms with Crippen LogP contribution in [0.5, 0.6) is 5.75 Å². The van der Waals surface area contributed by atoms with Crippen molar-refractivity contribution in [2.45, 2.75) is 6.54 Å². The second kappa shape index (κ2) is 8.44. The second-order valence-corrected chi connectivity index (χ2v) is 6.15. The number of ether oxygens (including phenoxy) is 1. The molecule has 2 N–H and O–H groups in total. The summed E-state index contributed by atoms with van der Waals surface area (Å²) in [4.78, 5) is 10.4. The number of nitrogens with zero attached hydrogens (tertiary/aromatic N) is 3. The lowest BCUT2D eigenvalue weighted by molar-refractivity contribution is -0.384. The van der Waals surface area contributed by atoms with Gasteiger partial charge in [0.2, 0.25) is 0 Å². The van der Waals surface area contributed by atoms with Gasteiger partial charge in [-0.3, -0.25) is 14.8 Å². The highest BCUT2D eigenvalue weighted by atomic mass is 32.1. The Hall–Kier alpha value is -3.53. The van der Waals surface area contributed by atoms with Crippen LogP contribution >= 0.6 is 12.2 Å². The molecule has 0 radical (unpaired) electrons. The Balaban J connectivity index is 1.63. The van der Waals surface area contributed by atoms with Crippen molar-refractivity contribution in [3.63, 3.8) is 0 Å². The summed E-state index contributed by atoms with van der Waals surface area (Å²) in [6.45, 7) is 0.484. The van der Waals surface area contributed by atoms with Crippen molar-refractivity contribution in [1.29, 1.82) is 0 Å². The van der Waals surface area contributed by atoms with Crippen molar-refractivity contribution >= 4 is 34.5 Å². The van der Waals surface area contributed by atoms with Gasteiger partial charge >= 0.3 is 0 Å². The molecule has 8 nitrogen and oxygen atoms in total. The van der Waals surface area contributed by atoms with Gasteiger partial charge in [0.15, 0.2) is 10.9 Å². The van der Waals surface area contributed by atoms with E-state index in [2.05, 4.69) is 15.7 Å². The topological polar surface area (TPSA) is 94.3 Å². The van der Waals surface area contributed by atoms with E-state index in [0.29, 0.717) is 23.8 Å².